The number of carbonyl (C=O) groups excluding carboxylic acids is 1. The number of carbonyl (C=O) groups is 1. The smallest absolute Gasteiger partial charge is 0.324 e. The van der Waals surface area contributed by atoms with Crippen LogP contribution < -0.4 is 0 Å². The molecule has 0 fully saturated rings. The van der Waals surface area contributed by atoms with Crippen LogP contribution in [0.25, 0.3) is 0 Å². The minimum Gasteiger partial charge on any atom is -0.462 e. The highest BCUT2D eigenvalue weighted by Gasteiger charge is 2.16. The van der Waals surface area contributed by atoms with Gasteiger partial charge in [-0.25, -0.2) is 0 Å². The van der Waals surface area contributed by atoms with Crippen LogP contribution in [-0.2, 0) is 9.53 Å². The average Bonchev–Trinajstić information content (AvgIpc) is 1.86. The van der Waals surface area contributed by atoms with Gasteiger partial charge < -0.3 is 4.74 Å². The lowest BCUT2D eigenvalue weighted by Crippen LogP contribution is -2.21. The predicted molar refractivity (Wildman–Crippen MR) is 46.2 cm³/mol. The van der Waals surface area contributed by atoms with E-state index in [4.69, 9.17) is 27.9 Å². The molecule has 0 rings (SSSR count). The van der Waals surface area contributed by atoms with Gasteiger partial charge in [-0.1, -0.05) is 0 Å². The highest BCUT2D eigenvalue weighted by atomic mass is 35.5. The van der Waals surface area contributed by atoms with Crippen LogP contribution in [0.4, 0.5) is 0 Å². The molecule has 0 aliphatic rings. The minimum atomic E-state index is -0.602. The van der Waals surface area contributed by atoms with E-state index < -0.39 is 5.38 Å². The first-order chi connectivity index (χ1) is 5.07. The lowest BCUT2D eigenvalue weighted by atomic mass is 10.3. The predicted octanol–water partition coefficient (Wildman–Crippen LogP) is 2.17. The first-order valence-electron chi connectivity index (χ1n) is 3.48. The van der Waals surface area contributed by atoms with Gasteiger partial charge >= 0.3 is 5.97 Å². The number of alkyl halides is 2. The van der Waals surface area contributed by atoms with Gasteiger partial charge in [0.1, 0.15) is 5.38 Å². The van der Waals surface area contributed by atoms with E-state index in [2.05, 4.69) is 0 Å². The summed E-state index contributed by atoms with van der Waals surface area (Å²) < 4.78 is 4.84. The van der Waals surface area contributed by atoms with Crippen molar-refractivity contribution in [3.05, 3.63) is 0 Å². The Morgan fingerprint density at radius 1 is 1.55 bits per heavy atom. The van der Waals surface area contributed by atoms with Crippen molar-refractivity contribution < 1.29 is 9.53 Å². The van der Waals surface area contributed by atoms with Gasteiger partial charge in [0.25, 0.3) is 0 Å². The molecule has 0 N–H and O–H groups in total. The molecule has 0 aliphatic heterocycles. The molecule has 0 aromatic rings. The molecule has 0 bridgehead atoms. The van der Waals surface area contributed by atoms with Crippen LogP contribution in [0.5, 0.6) is 0 Å². The maximum absolute atomic E-state index is 10.9. The second-order valence-corrected chi connectivity index (χ2v) is 3.34. The second kappa shape index (κ2) is 5.67. The fourth-order valence-electron chi connectivity index (χ4n) is 0.520. The minimum absolute atomic E-state index is 0.112. The Kier molecular flexibility index (Phi) is 5.69. The van der Waals surface area contributed by atoms with Gasteiger partial charge in [0.2, 0.25) is 0 Å². The van der Waals surface area contributed by atoms with Crippen molar-refractivity contribution in [2.75, 3.05) is 5.88 Å². The van der Waals surface area contributed by atoms with Gasteiger partial charge in [0, 0.05) is 5.88 Å². The molecule has 1 atom stereocenters. The van der Waals surface area contributed by atoms with Gasteiger partial charge in [-0.15, -0.1) is 23.2 Å². The van der Waals surface area contributed by atoms with Gasteiger partial charge in [-0.05, 0) is 20.3 Å². The number of hydrogen-bond donors (Lipinski definition) is 0. The van der Waals surface area contributed by atoms with Crippen molar-refractivity contribution in [2.45, 2.75) is 31.7 Å². The Morgan fingerprint density at radius 2 is 2.09 bits per heavy atom. The standard InChI is InChI=1S/C7H12Cl2O2/c1-5(2)11-7(10)6(9)3-4-8/h5-6H,3-4H2,1-2H3. The Balaban J connectivity index is 3.64. The van der Waals surface area contributed by atoms with Crippen LogP contribution >= 0.6 is 23.2 Å². The summed E-state index contributed by atoms with van der Waals surface area (Å²) in [5, 5.41) is -0.602. The molecule has 0 saturated heterocycles. The Morgan fingerprint density at radius 3 is 2.45 bits per heavy atom. The molecule has 0 saturated carbocycles. The highest BCUT2D eigenvalue weighted by molar-refractivity contribution is 6.30. The van der Waals surface area contributed by atoms with Crippen LogP contribution in [0.1, 0.15) is 20.3 Å². The molecule has 1 unspecified atom stereocenters. The maximum atomic E-state index is 10.9. The summed E-state index contributed by atoms with van der Waals surface area (Å²) in [7, 11) is 0. The van der Waals surface area contributed by atoms with Gasteiger partial charge in [0.15, 0.2) is 0 Å². The normalized spacial score (nSPS) is 13.2. The van der Waals surface area contributed by atoms with E-state index in [1.807, 2.05) is 0 Å². The van der Waals surface area contributed by atoms with E-state index in [1.54, 1.807) is 13.8 Å². The summed E-state index contributed by atoms with van der Waals surface area (Å²) in [6.07, 6.45) is 0.341. The third-order valence-electron chi connectivity index (χ3n) is 0.970. The third kappa shape index (κ3) is 5.33. The second-order valence-electron chi connectivity index (χ2n) is 2.43. The number of esters is 1. The average molecular weight is 199 g/mol. The Labute approximate surface area is 76.8 Å². The van der Waals surface area contributed by atoms with Gasteiger partial charge in [-0.2, -0.15) is 0 Å². The van der Waals surface area contributed by atoms with Crippen molar-refractivity contribution in [3.63, 3.8) is 0 Å². The summed E-state index contributed by atoms with van der Waals surface area (Å²) >= 11 is 11.0. The van der Waals surface area contributed by atoms with Crippen molar-refractivity contribution in [1.82, 2.24) is 0 Å². The van der Waals surface area contributed by atoms with E-state index in [0.29, 0.717) is 12.3 Å². The molecule has 0 heterocycles. The summed E-state index contributed by atoms with van der Waals surface area (Å²) in [6, 6.07) is 0. The largest absolute Gasteiger partial charge is 0.462 e. The molecule has 0 spiro atoms. The first kappa shape index (κ1) is 11.1. The monoisotopic (exact) mass is 198 g/mol. The van der Waals surface area contributed by atoms with Crippen LogP contribution in [0.2, 0.25) is 0 Å². The zero-order valence-corrected chi connectivity index (χ0v) is 8.15. The van der Waals surface area contributed by atoms with E-state index >= 15 is 0 Å². The third-order valence-corrected chi connectivity index (χ3v) is 1.58. The topological polar surface area (TPSA) is 26.3 Å². The fourth-order valence-corrected chi connectivity index (χ4v) is 1.01. The van der Waals surface area contributed by atoms with Crippen molar-refractivity contribution in [3.8, 4) is 0 Å². The van der Waals surface area contributed by atoms with Crippen LogP contribution in [0.3, 0.4) is 0 Å². The summed E-state index contributed by atoms with van der Waals surface area (Å²) in [4.78, 5) is 10.9. The van der Waals surface area contributed by atoms with E-state index in [1.165, 1.54) is 0 Å². The highest BCUT2D eigenvalue weighted by Crippen LogP contribution is 2.07. The molecule has 0 aromatic heterocycles. The maximum Gasteiger partial charge on any atom is 0.324 e. The number of rotatable bonds is 4. The van der Waals surface area contributed by atoms with Crippen molar-refractivity contribution in [2.24, 2.45) is 0 Å². The molecule has 0 aliphatic carbocycles. The molecule has 0 radical (unpaired) electrons. The Bertz CT molecular complexity index is 126. The quantitative estimate of drug-likeness (QED) is 0.512. The molecular formula is C7H12Cl2O2. The molecule has 0 amide bonds. The molecule has 11 heavy (non-hydrogen) atoms. The van der Waals surface area contributed by atoms with Crippen LogP contribution in [0.15, 0.2) is 0 Å². The Hall–Kier alpha value is 0.0500. The summed E-state index contributed by atoms with van der Waals surface area (Å²) in [6.45, 7) is 3.56. The summed E-state index contributed by atoms with van der Waals surface area (Å²) in [5.41, 5.74) is 0. The molecule has 66 valence electrons. The van der Waals surface area contributed by atoms with E-state index in [0.717, 1.165) is 0 Å². The first-order valence-corrected chi connectivity index (χ1v) is 4.45. The van der Waals surface area contributed by atoms with Crippen LogP contribution in [-0.4, -0.2) is 23.3 Å². The SMILES string of the molecule is CC(C)OC(=O)C(Cl)CCCl. The summed E-state index contributed by atoms with van der Waals surface area (Å²) in [5.74, 6) is -0.0104. The zero-order valence-electron chi connectivity index (χ0n) is 6.64. The van der Waals surface area contributed by atoms with E-state index in [9.17, 15) is 4.79 Å². The van der Waals surface area contributed by atoms with Crippen molar-refractivity contribution in [1.29, 1.82) is 0 Å². The molecular weight excluding hydrogens is 187 g/mol. The number of halogens is 2. The molecule has 0 aromatic carbocycles. The van der Waals surface area contributed by atoms with Gasteiger partial charge in [0.05, 0.1) is 6.10 Å². The van der Waals surface area contributed by atoms with Crippen LogP contribution in [0, 0.1) is 0 Å². The number of hydrogen-bond acceptors (Lipinski definition) is 2. The van der Waals surface area contributed by atoms with Gasteiger partial charge in [-0.3, -0.25) is 4.79 Å². The lowest BCUT2D eigenvalue weighted by molar-refractivity contribution is -0.146. The number of ether oxygens (including phenoxy) is 1. The zero-order chi connectivity index (χ0) is 8.85. The fraction of sp³-hybridized carbons (Fsp3) is 0.857. The molecule has 4 heteroatoms. The lowest BCUT2D eigenvalue weighted by Gasteiger charge is -2.10. The van der Waals surface area contributed by atoms with Crippen molar-refractivity contribution >= 4 is 29.2 Å². The van der Waals surface area contributed by atoms with E-state index in [-0.39, 0.29) is 12.1 Å². The molecule has 2 nitrogen and oxygen atoms in total.